The van der Waals surface area contributed by atoms with Crippen molar-refractivity contribution in [2.45, 2.75) is 38.0 Å². The Kier molecular flexibility index (Phi) is 3.88. The van der Waals surface area contributed by atoms with Gasteiger partial charge in [-0.05, 0) is 36.3 Å². The van der Waals surface area contributed by atoms with Gasteiger partial charge in [-0.25, -0.2) is 0 Å². The first-order valence-corrected chi connectivity index (χ1v) is 7.38. The van der Waals surface area contributed by atoms with Gasteiger partial charge in [0.05, 0.1) is 18.8 Å². The number of benzene rings is 1. The Morgan fingerprint density at radius 3 is 2.80 bits per heavy atom. The summed E-state index contributed by atoms with van der Waals surface area (Å²) < 4.78 is 6.09. The standard InChI is InChI=1S/C17H21NO2/c1-2-15(19)18-16-13-9-6-10-14(13)17(16)20-11-12-7-4-3-5-8-12/h2-5,7-8,13-14,16-17H,1,6,9-11H2,(H,18,19)/t13-,14+,16-,17+/m0/s1. The third-order valence-corrected chi connectivity index (χ3v) is 4.64. The fourth-order valence-electron chi connectivity index (χ4n) is 3.64. The van der Waals surface area contributed by atoms with Crippen LogP contribution in [0.15, 0.2) is 43.0 Å². The molecule has 0 aliphatic heterocycles. The summed E-state index contributed by atoms with van der Waals surface area (Å²) in [5.41, 5.74) is 1.18. The lowest BCUT2D eigenvalue weighted by molar-refractivity contribution is -0.133. The molecule has 3 nitrogen and oxygen atoms in total. The first-order chi connectivity index (χ1) is 9.79. The Morgan fingerprint density at radius 1 is 1.30 bits per heavy atom. The van der Waals surface area contributed by atoms with Gasteiger partial charge in [-0.1, -0.05) is 43.3 Å². The minimum atomic E-state index is -0.0892. The molecule has 0 saturated heterocycles. The molecule has 0 heterocycles. The molecule has 106 valence electrons. The number of hydrogen-bond acceptors (Lipinski definition) is 2. The summed E-state index contributed by atoms with van der Waals surface area (Å²) >= 11 is 0. The summed E-state index contributed by atoms with van der Waals surface area (Å²) in [5, 5.41) is 3.04. The maximum Gasteiger partial charge on any atom is 0.243 e. The summed E-state index contributed by atoms with van der Waals surface area (Å²) in [6, 6.07) is 10.4. The number of amides is 1. The van der Waals surface area contributed by atoms with E-state index in [1.807, 2.05) is 18.2 Å². The van der Waals surface area contributed by atoms with E-state index in [4.69, 9.17) is 4.74 Å². The first-order valence-electron chi connectivity index (χ1n) is 7.38. The molecule has 0 bridgehead atoms. The summed E-state index contributed by atoms with van der Waals surface area (Å²) in [5.74, 6) is 1.13. The van der Waals surface area contributed by atoms with Crippen molar-refractivity contribution in [3.8, 4) is 0 Å². The number of carbonyl (C=O) groups is 1. The molecule has 0 radical (unpaired) electrons. The molecule has 1 N–H and O–H groups in total. The number of hydrogen-bond donors (Lipinski definition) is 1. The third-order valence-electron chi connectivity index (χ3n) is 4.64. The highest BCUT2D eigenvalue weighted by Gasteiger charge is 2.53. The highest BCUT2D eigenvalue weighted by Crippen LogP contribution is 2.48. The Morgan fingerprint density at radius 2 is 2.05 bits per heavy atom. The van der Waals surface area contributed by atoms with Crippen molar-refractivity contribution >= 4 is 5.91 Å². The normalized spacial score (nSPS) is 31.2. The van der Waals surface area contributed by atoms with E-state index in [9.17, 15) is 4.79 Å². The number of carbonyl (C=O) groups excluding carboxylic acids is 1. The van der Waals surface area contributed by atoms with E-state index >= 15 is 0 Å². The summed E-state index contributed by atoms with van der Waals surface area (Å²) in [7, 11) is 0. The van der Waals surface area contributed by atoms with Crippen LogP contribution in [-0.4, -0.2) is 18.1 Å². The quantitative estimate of drug-likeness (QED) is 0.836. The lowest BCUT2D eigenvalue weighted by Crippen LogP contribution is -2.62. The molecular formula is C17H21NO2. The van der Waals surface area contributed by atoms with Crippen LogP contribution in [-0.2, 0) is 16.1 Å². The van der Waals surface area contributed by atoms with Crippen LogP contribution >= 0.6 is 0 Å². The minimum Gasteiger partial charge on any atom is -0.371 e. The predicted octanol–water partition coefficient (Wildman–Crippen LogP) is 2.67. The number of fused-ring (bicyclic) bond motifs is 1. The predicted molar refractivity (Wildman–Crippen MR) is 78.0 cm³/mol. The van der Waals surface area contributed by atoms with E-state index in [-0.39, 0.29) is 18.1 Å². The van der Waals surface area contributed by atoms with Gasteiger partial charge in [-0.15, -0.1) is 0 Å². The fourth-order valence-corrected chi connectivity index (χ4v) is 3.64. The molecule has 2 aliphatic carbocycles. The van der Waals surface area contributed by atoms with Gasteiger partial charge in [-0.3, -0.25) is 4.79 Å². The molecule has 1 aromatic rings. The van der Waals surface area contributed by atoms with Crippen molar-refractivity contribution in [3.05, 3.63) is 48.6 Å². The highest BCUT2D eigenvalue weighted by atomic mass is 16.5. The molecule has 0 unspecified atom stereocenters. The van der Waals surface area contributed by atoms with Gasteiger partial charge in [-0.2, -0.15) is 0 Å². The molecule has 4 atom stereocenters. The van der Waals surface area contributed by atoms with Gasteiger partial charge in [0.2, 0.25) is 5.91 Å². The monoisotopic (exact) mass is 271 g/mol. The van der Waals surface area contributed by atoms with E-state index in [1.54, 1.807) is 0 Å². The largest absolute Gasteiger partial charge is 0.371 e. The van der Waals surface area contributed by atoms with Crippen LogP contribution in [0.2, 0.25) is 0 Å². The second kappa shape index (κ2) is 5.80. The van der Waals surface area contributed by atoms with Crippen LogP contribution in [0, 0.1) is 11.8 Å². The zero-order chi connectivity index (χ0) is 13.9. The SMILES string of the molecule is C=CC(=O)N[C@H]1[C@H]2CCC[C@H]2[C@H]1OCc1ccccc1. The zero-order valence-corrected chi connectivity index (χ0v) is 11.6. The van der Waals surface area contributed by atoms with Crippen molar-refractivity contribution < 1.29 is 9.53 Å². The van der Waals surface area contributed by atoms with E-state index < -0.39 is 0 Å². The third kappa shape index (κ3) is 2.50. The number of ether oxygens (including phenoxy) is 1. The molecule has 0 aromatic heterocycles. The number of nitrogens with one attached hydrogen (secondary N) is 1. The van der Waals surface area contributed by atoms with Crippen LogP contribution in [0.1, 0.15) is 24.8 Å². The Bertz CT molecular complexity index is 485. The molecule has 3 heteroatoms. The molecular weight excluding hydrogens is 250 g/mol. The Balaban J connectivity index is 1.61. The van der Waals surface area contributed by atoms with Crippen LogP contribution in [0.4, 0.5) is 0 Å². The Hall–Kier alpha value is -1.61. The van der Waals surface area contributed by atoms with Crippen molar-refractivity contribution in [2.75, 3.05) is 0 Å². The van der Waals surface area contributed by atoms with Crippen LogP contribution in [0.25, 0.3) is 0 Å². The van der Waals surface area contributed by atoms with E-state index in [1.165, 1.54) is 30.9 Å². The molecule has 1 aromatic carbocycles. The summed E-state index contributed by atoms with van der Waals surface area (Å²) in [6.45, 7) is 4.14. The zero-order valence-electron chi connectivity index (χ0n) is 11.6. The average molecular weight is 271 g/mol. The summed E-state index contributed by atoms with van der Waals surface area (Å²) in [6.07, 6.45) is 5.19. The lowest BCUT2D eigenvalue weighted by atomic mass is 9.68. The number of rotatable bonds is 5. The summed E-state index contributed by atoms with van der Waals surface area (Å²) in [4.78, 5) is 11.5. The van der Waals surface area contributed by atoms with Crippen LogP contribution in [0.3, 0.4) is 0 Å². The topological polar surface area (TPSA) is 38.3 Å². The maximum atomic E-state index is 11.5. The van der Waals surface area contributed by atoms with Gasteiger partial charge in [0.25, 0.3) is 0 Å². The van der Waals surface area contributed by atoms with Gasteiger partial charge in [0.1, 0.15) is 0 Å². The molecule has 20 heavy (non-hydrogen) atoms. The van der Waals surface area contributed by atoms with E-state index in [0.29, 0.717) is 18.4 Å². The van der Waals surface area contributed by atoms with Crippen molar-refractivity contribution in [2.24, 2.45) is 11.8 Å². The van der Waals surface area contributed by atoms with Gasteiger partial charge in [0, 0.05) is 0 Å². The van der Waals surface area contributed by atoms with E-state index in [0.717, 1.165) is 0 Å². The molecule has 2 fully saturated rings. The van der Waals surface area contributed by atoms with Crippen LogP contribution < -0.4 is 5.32 Å². The minimum absolute atomic E-state index is 0.0892. The van der Waals surface area contributed by atoms with Crippen molar-refractivity contribution in [3.63, 3.8) is 0 Å². The van der Waals surface area contributed by atoms with Gasteiger partial charge in [0.15, 0.2) is 0 Å². The van der Waals surface area contributed by atoms with Gasteiger partial charge >= 0.3 is 0 Å². The molecule has 3 rings (SSSR count). The van der Waals surface area contributed by atoms with Crippen molar-refractivity contribution in [1.82, 2.24) is 5.32 Å². The second-order valence-electron chi connectivity index (χ2n) is 5.76. The first kappa shape index (κ1) is 13.4. The maximum absolute atomic E-state index is 11.5. The molecule has 0 spiro atoms. The van der Waals surface area contributed by atoms with E-state index in [2.05, 4.69) is 24.0 Å². The second-order valence-corrected chi connectivity index (χ2v) is 5.76. The van der Waals surface area contributed by atoms with Crippen molar-refractivity contribution in [1.29, 1.82) is 0 Å². The Labute approximate surface area is 120 Å². The molecule has 2 saturated carbocycles. The molecule has 1 amide bonds. The van der Waals surface area contributed by atoms with Crippen LogP contribution in [0.5, 0.6) is 0 Å². The highest BCUT2D eigenvalue weighted by molar-refractivity contribution is 5.87. The van der Waals surface area contributed by atoms with Gasteiger partial charge < -0.3 is 10.1 Å². The fraction of sp³-hybridized carbons (Fsp3) is 0.471. The smallest absolute Gasteiger partial charge is 0.243 e. The average Bonchev–Trinajstić information content (AvgIpc) is 2.90. The molecule has 2 aliphatic rings. The lowest BCUT2D eigenvalue weighted by Gasteiger charge is -2.48.